The molecule has 0 aliphatic rings. The van der Waals surface area contributed by atoms with Gasteiger partial charge in [0, 0.05) is 52.5 Å². The van der Waals surface area contributed by atoms with Gasteiger partial charge in [0.15, 0.2) is 0 Å². The lowest BCUT2D eigenvalue weighted by Crippen LogP contribution is -2.18. The Morgan fingerprint density at radius 1 is 0.323 bits per heavy atom. The van der Waals surface area contributed by atoms with Gasteiger partial charge in [-0.2, -0.15) is 0 Å². The van der Waals surface area contributed by atoms with Gasteiger partial charge in [0.2, 0.25) is 0 Å². The van der Waals surface area contributed by atoms with Crippen molar-refractivity contribution in [2.75, 3.05) is 139 Å². The Balaban J connectivity index is -0.0000000608. The number of ether oxygens (including phenoxy) is 9. The second kappa shape index (κ2) is 115. The van der Waals surface area contributed by atoms with Crippen molar-refractivity contribution in [3.05, 3.63) is 47.5 Å². The van der Waals surface area contributed by atoms with Gasteiger partial charge in [0.25, 0.3) is 0 Å². The van der Waals surface area contributed by atoms with Crippen molar-refractivity contribution < 1.29 is 118 Å². The smallest absolute Gasteiger partial charge is 0.463 e. The molecule has 0 amide bonds. The van der Waals surface area contributed by atoms with E-state index < -0.39 is 18.1 Å². The van der Waals surface area contributed by atoms with Crippen molar-refractivity contribution >= 4 is 30.0 Å². The molecule has 0 saturated carbocycles. The van der Waals surface area contributed by atoms with Gasteiger partial charge in [-0.3, -0.25) is 9.59 Å². The van der Waals surface area contributed by atoms with Crippen molar-refractivity contribution in [1.82, 2.24) is 0 Å². The van der Waals surface area contributed by atoms with Crippen LogP contribution in [0.15, 0.2) is 36.4 Å². The van der Waals surface area contributed by atoms with Crippen LogP contribution in [0.5, 0.6) is 0 Å². The summed E-state index contributed by atoms with van der Waals surface area (Å²) in [5.74, 6) is -1.58. The number of unbranched alkanes of at least 4 members (excludes halogenated alkanes) is 16. The van der Waals surface area contributed by atoms with E-state index in [1.54, 1.807) is 24.3 Å². The van der Waals surface area contributed by atoms with Gasteiger partial charge in [0.1, 0.15) is 13.2 Å². The van der Waals surface area contributed by atoms with Crippen LogP contribution in [0.25, 0.3) is 0 Å². The summed E-state index contributed by atoms with van der Waals surface area (Å²) in [4.78, 5) is 58.1. The van der Waals surface area contributed by atoms with E-state index in [-0.39, 0.29) is 211 Å². The van der Waals surface area contributed by atoms with Crippen LogP contribution in [0.3, 0.4) is 0 Å². The third kappa shape index (κ3) is 108. The monoisotopic (exact) mass is 1410 g/mol. The summed E-state index contributed by atoms with van der Waals surface area (Å²) in [7, 11) is 0. The van der Waals surface area contributed by atoms with Crippen molar-refractivity contribution in [1.29, 1.82) is 0 Å². The molecule has 24 nitrogen and oxygen atoms in total. The van der Waals surface area contributed by atoms with Gasteiger partial charge < -0.3 is 93.7 Å². The van der Waals surface area contributed by atoms with Crippen molar-refractivity contribution in [2.45, 2.75) is 256 Å². The normalized spacial score (nSPS) is 9.49. The molecule has 1 rings (SSSR count). The van der Waals surface area contributed by atoms with E-state index in [1.165, 1.54) is 12.2 Å². The van der Waals surface area contributed by atoms with Crippen LogP contribution in [-0.4, -0.2) is 226 Å². The van der Waals surface area contributed by atoms with Crippen LogP contribution < -0.4 is 0 Å². The topological polar surface area (TPSA) is 371 Å². The highest BCUT2D eigenvalue weighted by Gasteiger charge is 2.19. The zero-order chi connectivity index (χ0) is 63.0. The molecule has 0 aliphatic heterocycles. The standard InChI is InChI=1S/C20H30O6.C16H30O7.C13H26O5.C7H16O4.C4H8O2.12CH4/c21-13-7-1-3-9-15-25-19(23)17-11-5-6-12-18(17)20(24)26-16-10-4-2-8-14-22;17-9-5-1-3-7-15(19)22-13-11-21-12-14-23-16(20)8-4-2-6-10-18;14-9-5-1-3-7-11-17-13(16)18-12-8-4-2-6-10-15;1-7(11-5-3-9)6-10-4-2-8;5-3-1-2-4-6;;;;;;;;;;;;/h5-6,11-12,21-22H,1-4,7-10,13-16H2;17-18H,1-14H2;14-15H,1-12H2;7-9H,2-6H2,1H3;1-2,5-6H,3-4H2;12*1H4/b;;;;2-1+;;;;;;;;;;;;. The number of hydrogen-bond donors (Lipinski definition) is 10. The minimum Gasteiger partial charge on any atom is -0.463 e. The third-order valence-corrected chi connectivity index (χ3v) is 11.0. The van der Waals surface area contributed by atoms with Crippen LogP contribution in [-0.2, 0) is 52.2 Å². The van der Waals surface area contributed by atoms with Crippen LogP contribution in [0, 0.1) is 0 Å². The zero-order valence-electron chi connectivity index (χ0n) is 50.5. The highest BCUT2D eigenvalue weighted by atomic mass is 16.7. The number of esters is 4. The molecule has 0 bridgehead atoms. The van der Waals surface area contributed by atoms with Crippen LogP contribution in [0.2, 0.25) is 0 Å². The number of rotatable bonds is 51. The Hall–Kier alpha value is -4.41. The van der Waals surface area contributed by atoms with Gasteiger partial charge in [-0.1, -0.05) is 152 Å². The molecule has 0 aliphatic carbocycles. The fourth-order valence-corrected chi connectivity index (χ4v) is 6.50. The minimum absolute atomic E-state index is 0. The molecule has 1 atom stereocenters. The van der Waals surface area contributed by atoms with E-state index in [0.717, 1.165) is 116 Å². The van der Waals surface area contributed by atoms with Crippen molar-refractivity contribution in [3.63, 3.8) is 0 Å². The quantitative estimate of drug-likeness (QED) is 0.0125. The van der Waals surface area contributed by atoms with Gasteiger partial charge in [-0.05, 0) is 122 Å². The van der Waals surface area contributed by atoms with Crippen molar-refractivity contribution in [2.24, 2.45) is 0 Å². The van der Waals surface area contributed by atoms with Gasteiger partial charge >= 0.3 is 30.0 Å². The van der Waals surface area contributed by atoms with E-state index in [1.807, 2.05) is 6.92 Å². The van der Waals surface area contributed by atoms with E-state index >= 15 is 0 Å². The summed E-state index contributed by atoms with van der Waals surface area (Å²) in [6.07, 6.45) is 21.1. The zero-order valence-corrected chi connectivity index (χ0v) is 50.5. The van der Waals surface area contributed by atoms with Gasteiger partial charge in [-0.25, -0.2) is 14.4 Å². The molecule has 1 aromatic rings. The summed E-state index contributed by atoms with van der Waals surface area (Å²) >= 11 is 0. The Morgan fingerprint density at radius 3 is 0.906 bits per heavy atom. The first-order chi connectivity index (χ1) is 40.9. The molecule has 0 heterocycles. The van der Waals surface area contributed by atoms with Crippen LogP contribution >= 0.6 is 0 Å². The SMILES string of the molecule is C.C.C.C.C.C.C.C.C.C.C.C.CC(COCCO)OCCO.O=C(CCCCCO)OCCOCCOC(=O)CCCCCO.O=C(OCCCCCCO)OCCCCCCO.O=C(OCCCCCCO)c1ccccc1C(=O)OCCCCCCO.OC/C=C/CO. The first kappa shape index (κ1) is 132. The summed E-state index contributed by atoms with van der Waals surface area (Å²) in [6, 6.07) is 6.49. The van der Waals surface area contributed by atoms with E-state index in [9.17, 15) is 24.0 Å². The lowest BCUT2D eigenvalue weighted by molar-refractivity contribution is -0.146. The molecule has 0 saturated heterocycles. The first-order valence-electron chi connectivity index (χ1n) is 30.0. The predicted molar refractivity (Wildman–Crippen MR) is 395 cm³/mol. The molecule has 0 fully saturated rings. The van der Waals surface area contributed by atoms with Crippen LogP contribution in [0.1, 0.15) is 271 Å². The maximum atomic E-state index is 12.2. The first-order valence-corrected chi connectivity index (χ1v) is 30.0. The molecule has 24 heteroatoms. The highest BCUT2D eigenvalue weighted by Crippen LogP contribution is 2.14. The molecule has 1 unspecified atom stereocenters. The van der Waals surface area contributed by atoms with Gasteiger partial charge in [-0.15, -0.1) is 0 Å². The number of aliphatic hydroxyl groups excluding tert-OH is 10. The number of aliphatic hydroxyl groups is 10. The molecule has 10 N–H and O–H groups in total. The average molecular weight is 1410 g/mol. The Bertz CT molecular complexity index is 1490. The van der Waals surface area contributed by atoms with E-state index in [0.29, 0.717) is 84.8 Å². The predicted octanol–water partition coefficient (Wildman–Crippen LogP) is 13.1. The maximum absolute atomic E-state index is 12.2. The summed E-state index contributed by atoms with van der Waals surface area (Å²) in [5, 5.41) is 84.5. The summed E-state index contributed by atoms with van der Waals surface area (Å²) in [6.45, 7) is 6.45. The molecule has 0 radical (unpaired) electrons. The Kier molecular flexibility index (Phi) is 157. The Morgan fingerprint density at radius 2 is 0.615 bits per heavy atom. The fourth-order valence-electron chi connectivity index (χ4n) is 6.50. The number of carbonyl (C=O) groups is 5. The lowest BCUT2D eigenvalue weighted by Gasteiger charge is -2.11. The molecule has 96 heavy (non-hydrogen) atoms. The summed E-state index contributed by atoms with van der Waals surface area (Å²) < 4.78 is 45.5. The average Bonchev–Trinajstić information content (AvgIpc) is 0.884. The molecular formula is C72H158O24. The number of carbonyl (C=O) groups excluding carboxylic acids is 5. The number of benzene rings is 1. The highest BCUT2D eigenvalue weighted by molar-refractivity contribution is 6.03. The van der Waals surface area contributed by atoms with E-state index in [4.69, 9.17) is 93.7 Å². The fraction of sp³-hybridized carbons (Fsp3) is 0.819. The largest absolute Gasteiger partial charge is 0.508 e. The van der Waals surface area contributed by atoms with Gasteiger partial charge in [0.05, 0.1) is 103 Å². The number of hydrogen-bond acceptors (Lipinski definition) is 24. The lowest BCUT2D eigenvalue weighted by atomic mass is 10.1. The van der Waals surface area contributed by atoms with E-state index in [2.05, 4.69) is 0 Å². The summed E-state index contributed by atoms with van der Waals surface area (Å²) in [5.41, 5.74) is 0.432. The molecule has 590 valence electrons. The molecule has 0 aromatic heterocycles. The molecule has 1 aromatic carbocycles. The molecular weight excluding hydrogens is 1250 g/mol. The minimum atomic E-state index is -0.598. The maximum Gasteiger partial charge on any atom is 0.508 e. The second-order valence-corrected chi connectivity index (χ2v) is 18.5. The van der Waals surface area contributed by atoms with Crippen molar-refractivity contribution in [3.8, 4) is 0 Å². The van der Waals surface area contributed by atoms with Crippen LogP contribution in [0.4, 0.5) is 4.79 Å². The Labute approximate surface area is 588 Å². The third-order valence-electron chi connectivity index (χ3n) is 11.0. The molecule has 0 spiro atoms. The second-order valence-electron chi connectivity index (χ2n) is 18.5.